The van der Waals surface area contributed by atoms with E-state index in [1.807, 2.05) is 0 Å². The molecular weight excluding hydrogens is 242 g/mol. The second-order valence-corrected chi connectivity index (χ2v) is 5.54. The second kappa shape index (κ2) is 8.48. The van der Waals surface area contributed by atoms with Crippen molar-refractivity contribution in [2.24, 2.45) is 0 Å². The monoisotopic (exact) mass is 269 g/mol. The molecule has 0 fully saturated rings. The molecule has 0 unspecified atom stereocenters. The fourth-order valence-electron chi connectivity index (χ4n) is 2.08. The van der Waals surface area contributed by atoms with Crippen LogP contribution in [0.3, 0.4) is 0 Å². The molecule has 0 spiro atoms. The van der Waals surface area contributed by atoms with Gasteiger partial charge >= 0.3 is 0 Å². The van der Waals surface area contributed by atoms with Gasteiger partial charge in [-0.25, -0.2) is 4.98 Å². The maximum Gasteiger partial charge on any atom is 0.185 e. The minimum Gasteiger partial charge on any atom is -0.348 e. The SMILES string of the molecule is CCCNCCc1csc(N(C)C(CC)CC)n1. The van der Waals surface area contributed by atoms with Crippen molar-refractivity contribution in [1.29, 1.82) is 0 Å². The number of hydrogen-bond acceptors (Lipinski definition) is 4. The molecule has 0 saturated carbocycles. The van der Waals surface area contributed by atoms with Gasteiger partial charge in [-0.1, -0.05) is 20.8 Å². The average Bonchev–Trinajstić information content (AvgIpc) is 2.85. The third-order valence-corrected chi connectivity index (χ3v) is 4.30. The quantitative estimate of drug-likeness (QED) is 0.697. The predicted molar refractivity (Wildman–Crippen MR) is 81.8 cm³/mol. The zero-order valence-electron chi connectivity index (χ0n) is 12.2. The molecule has 0 aromatic carbocycles. The van der Waals surface area contributed by atoms with Crippen molar-refractivity contribution < 1.29 is 0 Å². The Hall–Kier alpha value is -0.610. The van der Waals surface area contributed by atoms with E-state index in [1.54, 1.807) is 11.3 Å². The summed E-state index contributed by atoms with van der Waals surface area (Å²) in [6.07, 6.45) is 4.59. The van der Waals surface area contributed by atoms with Crippen LogP contribution >= 0.6 is 11.3 Å². The number of thiazole rings is 1. The summed E-state index contributed by atoms with van der Waals surface area (Å²) in [5.41, 5.74) is 1.22. The highest BCUT2D eigenvalue weighted by Crippen LogP contribution is 2.23. The summed E-state index contributed by atoms with van der Waals surface area (Å²) >= 11 is 1.77. The van der Waals surface area contributed by atoms with Crippen molar-refractivity contribution >= 4 is 16.5 Å². The molecule has 0 bridgehead atoms. The molecule has 0 radical (unpaired) electrons. The summed E-state index contributed by atoms with van der Waals surface area (Å²) in [5.74, 6) is 0. The first-order valence-electron chi connectivity index (χ1n) is 7.10. The zero-order valence-corrected chi connectivity index (χ0v) is 13.0. The van der Waals surface area contributed by atoms with Gasteiger partial charge in [0.05, 0.1) is 5.69 Å². The molecule has 0 amide bonds. The van der Waals surface area contributed by atoms with Gasteiger partial charge in [0, 0.05) is 31.4 Å². The van der Waals surface area contributed by atoms with E-state index in [4.69, 9.17) is 4.98 Å². The van der Waals surface area contributed by atoms with Gasteiger partial charge in [-0.05, 0) is 25.8 Å². The van der Waals surface area contributed by atoms with Crippen LogP contribution in [0.15, 0.2) is 5.38 Å². The Morgan fingerprint density at radius 1 is 1.28 bits per heavy atom. The summed E-state index contributed by atoms with van der Waals surface area (Å²) in [7, 11) is 2.16. The second-order valence-electron chi connectivity index (χ2n) is 4.70. The zero-order chi connectivity index (χ0) is 13.4. The number of rotatable bonds is 9. The Morgan fingerprint density at radius 3 is 2.61 bits per heavy atom. The molecule has 1 N–H and O–H groups in total. The summed E-state index contributed by atoms with van der Waals surface area (Å²) < 4.78 is 0. The fourth-order valence-corrected chi connectivity index (χ4v) is 2.98. The highest BCUT2D eigenvalue weighted by molar-refractivity contribution is 7.13. The van der Waals surface area contributed by atoms with E-state index in [1.165, 1.54) is 25.0 Å². The van der Waals surface area contributed by atoms with Gasteiger partial charge in [-0.3, -0.25) is 0 Å². The summed E-state index contributed by atoms with van der Waals surface area (Å²) in [6, 6.07) is 0.613. The summed E-state index contributed by atoms with van der Waals surface area (Å²) in [6.45, 7) is 8.82. The largest absolute Gasteiger partial charge is 0.348 e. The third kappa shape index (κ3) is 4.58. The Labute approximate surface area is 116 Å². The molecule has 1 heterocycles. The molecule has 3 nitrogen and oxygen atoms in total. The molecule has 4 heteroatoms. The Bertz CT molecular complexity index is 321. The third-order valence-electron chi connectivity index (χ3n) is 3.32. The first-order chi connectivity index (χ1) is 8.72. The minimum absolute atomic E-state index is 0.613. The van der Waals surface area contributed by atoms with Gasteiger partial charge < -0.3 is 10.2 Å². The number of aromatic nitrogens is 1. The van der Waals surface area contributed by atoms with Crippen molar-refractivity contribution in [2.45, 2.75) is 52.5 Å². The topological polar surface area (TPSA) is 28.2 Å². The minimum atomic E-state index is 0.613. The first kappa shape index (κ1) is 15.4. The van der Waals surface area contributed by atoms with E-state index in [2.05, 4.69) is 43.4 Å². The number of nitrogens with zero attached hydrogens (tertiary/aromatic N) is 2. The lowest BCUT2D eigenvalue weighted by Crippen LogP contribution is -2.30. The fraction of sp³-hybridized carbons (Fsp3) is 0.786. The molecule has 1 aromatic heterocycles. The molecule has 0 aliphatic carbocycles. The molecule has 1 aromatic rings. The molecule has 104 valence electrons. The number of nitrogens with one attached hydrogen (secondary N) is 1. The van der Waals surface area contributed by atoms with Crippen LogP contribution in [0.4, 0.5) is 5.13 Å². The number of anilines is 1. The smallest absolute Gasteiger partial charge is 0.185 e. The van der Waals surface area contributed by atoms with Crippen molar-refractivity contribution in [1.82, 2.24) is 10.3 Å². The number of hydrogen-bond donors (Lipinski definition) is 1. The summed E-state index contributed by atoms with van der Waals surface area (Å²) in [4.78, 5) is 7.06. The standard InChI is InChI=1S/C14H27N3S/c1-5-9-15-10-8-12-11-18-14(16-12)17(4)13(6-2)7-3/h11,13,15H,5-10H2,1-4H3. The van der Waals surface area contributed by atoms with Gasteiger partial charge in [0.25, 0.3) is 0 Å². The van der Waals surface area contributed by atoms with E-state index in [0.29, 0.717) is 6.04 Å². The van der Waals surface area contributed by atoms with Crippen LogP contribution in [-0.4, -0.2) is 31.2 Å². The van der Waals surface area contributed by atoms with Gasteiger partial charge in [-0.2, -0.15) is 0 Å². The van der Waals surface area contributed by atoms with Gasteiger partial charge in [0.1, 0.15) is 0 Å². The van der Waals surface area contributed by atoms with Crippen molar-refractivity contribution in [2.75, 3.05) is 25.0 Å². The lowest BCUT2D eigenvalue weighted by molar-refractivity contribution is 0.589. The molecule has 1 rings (SSSR count). The molecular formula is C14H27N3S. The van der Waals surface area contributed by atoms with Crippen molar-refractivity contribution in [3.05, 3.63) is 11.1 Å². The van der Waals surface area contributed by atoms with Crippen LogP contribution < -0.4 is 10.2 Å². The van der Waals surface area contributed by atoms with E-state index < -0.39 is 0 Å². The Morgan fingerprint density at radius 2 is 2.00 bits per heavy atom. The summed E-state index contributed by atoms with van der Waals surface area (Å²) in [5, 5.41) is 6.78. The molecule has 0 atom stereocenters. The molecule has 0 aliphatic rings. The highest BCUT2D eigenvalue weighted by Gasteiger charge is 2.14. The van der Waals surface area contributed by atoms with E-state index in [-0.39, 0.29) is 0 Å². The van der Waals surface area contributed by atoms with Crippen LogP contribution in [0.5, 0.6) is 0 Å². The lowest BCUT2D eigenvalue weighted by atomic mass is 10.1. The van der Waals surface area contributed by atoms with Crippen LogP contribution in [0.2, 0.25) is 0 Å². The van der Waals surface area contributed by atoms with Gasteiger partial charge in [0.15, 0.2) is 5.13 Å². The van der Waals surface area contributed by atoms with Gasteiger partial charge in [0.2, 0.25) is 0 Å². The van der Waals surface area contributed by atoms with E-state index >= 15 is 0 Å². The predicted octanol–water partition coefficient (Wildman–Crippen LogP) is 3.31. The highest BCUT2D eigenvalue weighted by atomic mass is 32.1. The molecule has 18 heavy (non-hydrogen) atoms. The van der Waals surface area contributed by atoms with Crippen LogP contribution in [-0.2, 0) is 6.42 Å². The Kier molecular flexibility index (Phi) is 7.28. The van der Waals surface area contributed by atoms with E-state index in [9.17, 15) is 0 Å². The van der Waals surface area contributed by atoms with Crippen molar-refractivity contribution in [3.8, 4) is 0 Å². The normalized spacial score (nSPS) is 11.2. The lowest BCUT2D eigenvalue weighted by Gasteiger charge is -2.25. The molecule has 0 saturated heterocycles. The first-order valence-corrected chi connectivity index (χ1v) is 7.98. The van der Waals surface area contributed by atoms with Crippen LogP contribution in [0.25, 0.3) is 0 Å². The van der Waals surface area contributed by atoms with Gasteiger partial charge in [-0.15, -0.1) is 11.3 Å². The maximum atomic E-state index is 4.73. The van der Waals surface area contributed by atoms with Crippen molar-refractivity contribution in [3.63, 3.8) is 0 Å². The van der Waals surface area contributed by atoms with Crippen LogP contribution in [0.1, 0.15) is 45.7 Å². The molecule has 0 aliphatic heterocycles. The maximum absolute atomic E-state index is 4.73. The van der Waals surface area contributed by atoms with Crippen LogP contribution in [0, 0.1) is 0 Å². The van der Waals surface area contributed by atoms with E-state index in [0.717, 1.165) is 24.6 Å². The Balaban J connectivity index is 2.46. The average molecular weight is 269 g/mol.